The summed E-state index contributed by atoms with van der Waals surface area (Å²) in [5.74, 6) is -0.229. The standard InChI is InChI=1S/C19H28N2O3/c1-18(2,3)17(23)24-21-11-8-19(9-12-21,10-13-22)16-7-5-4-6-15(16)14-20/h4-7,13H,8-12,14,20H2,1-3H3. The van der Waals surface area contributed by atoms with Gasteiger partial charge in [0.15, 0.2) is 0 Å². The molecule has 0 amide bonds. The number of hydrogen-bond donors (Lipinski definition) is 1. The van der Waals surface area contributed by atoms with Crippen LogP contribution in [0.15, 0.2) is 24.3 Å². The summed E-state index contributed by atoms with van der Waals surface area (Å²) in [6, 6.07) is 8.06. The zero-order valence-electron chi connectivity index (χ0n) is 14.9. The number of rotatable bonds is 5. The molecule has 0 bridgehead atoms. The maximum atomic E-state index is 12.1. The van der Waals surface area contributed by atoms with Gasteiger partial charge in [-0.15, -0.1) is 5.06 Å². The quantitative estimate of drug-likeness (QED) is 0.839. The minimum absolute atomic E-state index is 0.220. The SMILES string of the molecule is CC(C)(C)C(=O)ON1CCC(CC=O)(c2ccccc2CN)CC1. The summed E-state index contributed by atoms with van der Waals surface area (Å²) in [5, 5.41) is 1.72. The Morgan fingerprint density at radius 1 is 1.29 bits per heavy atom. The lowest BCUT2D eigenvalue weighted by Crippen LogP contribution is -2.45. The molecule has 24 heavy (non-hydrogen) atoms. The molecule has 0 saturated carbocycles. The van der Waals surface area contributed by atoms with Crippen LogP contribution in [0.25, 0.3) is 0 Å². The summed E-state index contributed by atoms with van der Waals surface area (Å²) in [4.78, 5) is 28.9. The molecule has 1 fully saturated rings. The van der Waals surface area contributed by atoms with Crippen LogP contribution in [0.5, 0.6) is 0 Å². The van der Waals surface area contributed by atoms with Gasteiger partial charge in [0.25, 0.3) is 0 Å². The molecule has 1 aliphatic rings. The summed E-state index contributed by atoms with van der Waals surface area (Å²) in [7, 11) is 0. The van der Waals surface area contributed by atoms with E-state index in [4.69, 9.17) is 10.6 Å². The van der Waals surface area contributed by atoms with E-state index in [0.717, 1.165) is 30.3 Å². The third kappa shape index (κ3) is 4.02. The number of hydrogen-bond acceptors (Lipinski definition) is 5. The predicted molar refractivity (Wildman–Crippen MR) is 93.0 cm³/mol. The largest absolute Gasteiger partial charge is 0.367 e. The highest BCUT2D eigenvalue weighted by Gasteiger charge is 2.39. The van der Waals surface area contributed by atoms with Crippen molar-refractivity contribution in [2.24, 2.45) is 11.1 Å². The van der Waals surface area contributed by atoms with Crippen molar-refractivity contribution in [3.8, 4) is 0 Å². The first-order valence-corrected chi connectivity index (χ1v) is 8.52. The summed E-state index contributed by atoms with van der Waals surface area (Å²) in [6.45, 7) is 7.22. The highest BCUT2D eigenvalue weighted by molar-refractivity contribution is 5.75. The Morgan fingerprint density at radius 3 is 2.46 bits per heavy atom. The van der Waals surface area contributed by atoms with Crippen molar-refractivity contribution in [2.45, 2.75) is 52.0 Å². The number of benzene rings is 1. The Labute approximate surface area is 144 Å². The molecule has 0 radical (unpaired) electrons. The zero-order chi connectivity index (χ0) is 17.8. The van der Waals surface area contributed by atoms with Gasteiger partial charge in [0, 0.05) is 31.5 Å². The van der Waals surface area contributed by atoms with Gasteiger partial charge in [0.1, 0.15) is 6.29 Å². The van der Waals surface area contributed by atoms with Crippen LogP contribution in [0.3, 0.4) is 0 Å². The van der Waals surface area contributed by atoms with Crippen molar-refractivity contribution in [2.75, 3.05) is 13.1 Å². The van der Waals surface area contributed by atoms with Gasteiger partial charge in [0.2, 0.25) is 0 Å². The van der Waals surface area contributed by atoms with E-state index >= 15 is 0 Å². The third-order valence-corrected chi connectivity index (χ3v) is 4.79. The average Bonchev–Trinajstić information content (AvgIpc) is 2.56. The lowest BCUT2D eigenvalue weighted by Gasteiger charge is -2.41. The van der Waals surface area contributed by atoms with Crippen LogP contribution in [0.1, 0.15) is 51.2 Å². The molecule has 132 valence electrons. The van der Waals surface area contributed by atoms with Gasteiger partial charge in [-0.05, 0) is 44.7 Å². The van der Waals surface area contributed by atoms with Crippen molar-refractivity contribution in [3.05, 3.63) is 35.4 Å². The fourth-order valence-electron chi connectivity index (χ4n) is 3.22. The maximum Gasteiger partial charge on any atom is 0.330 e. The van der Waals surface area contributed by atoms with Crippen LogP contribution in [-0.2, 0) is 26.4 Å². The van der Waals surface area contributed by atoms with Crippen molar-refractivity contribution in [1.82, 2.24) is 5.06 Å². The Balaban J connectivity index is 2.15. The van der Waals surface area contributed by atoms with Crippen LogP contribution in [0.2, 0.25) is 0 Å². The third-order valence-electron chi connectivity index (χ3n) is 4.79. The van der Waals surface area contributed by atoms with Crippen molar-refractivity contribution < 1.29 is 14.4 Å². The van der Waals surface area contributed by atoms with Gasteiger partial charge in [-0.2, -0.15) is 0 Å². The predicted octanol–water partition coefficient (Wildman–Crippen LogP) is 2.57. The molecule has 0 unspecified atom stereocenters. The number of carbonyl (C=O) groups is 2. The van der Waals surface area contributed by atoms with Gasteiger partial charge in [-0.25, -0.2) is 4.79 Å². The molecular weight excluding hydrogens is 304 g/mol. The van der Waals surface area contributed by atoms with E-state index in [0.29, 0.717) is 26.1 Å². The van der Waals surface area contributed by atoms with E-state index in [9.17, 15) is 9.59 Å². The minimum Gasteiger partial charge on any atom is -0.367 e. The number of piperidine rings is 1. The summed E-state index contributed by atoms with van der Waals surface area (Å²) < 4.78 is 0. The van der Waals surface area contributed by atoms with Gasteiger partial charge < -0.3 is 15.4 Å². The first-order chi connectivity index (χ1) is 11.3. The van der Waals surface area contributed by atoms with Crippen LogP contribution >= 0.6 is 0 Å². The second-order valence-electron chi connectivity index (χ2n) is 7.57. The number of carbonyl (C=O) groups excluding carboxylic acids is 2. The van der Waals surface area contributed by atoms with E-state index in [2.05, 4.69) is 6.07 Å². The molecule has 5 nitrogen and oxygen atoms in total. The monoisotopic (exact) mass is 332 g/mol. The summed E-state index contributed by atoms with van der Waals surface area (Å²) in [5.41, 5.74) is 7.38. The number of nitrogens with zero attached hydrogens (tertiary/aromatic N) is 1. The molecule has 0 aliphatic carbocycles. The Bertz CT molecular complexity index is 585. The topological polar surface area (TPSA) is 72.6 Å². The molecule has 1 aliphatic heterocycles. The molecule has 0 aromatic heterocycles. The molecule has 1 aromatic carbocycles. The van der Waals surface area contributed by atoms with Gasteiger partial charge >= 0.3 is 5.97 Å². The Kier molecular flexibility index (Phi) is 5.78. The number of nitrogens with two attached hydrogens (primary N) is 1. The molecule has 1 heterocycles. The molecule has 2 rings (SSSR count). The molecule has 0 atom stereocenters. The van der Waals surface area contributed by atoms with Gasteiger partial charge in [0.05, 0.1) is 5.41 Å². The Hall–Kier alpha value is -1.72. The molecule has 1 aromatic rings. The Morgan fingerprint density at radius 2 is 1.92 bits per heavy atom. The van der Waals surface area contributed by atoms with E-state index in [1.165, 1.54) is 0 Å². The lowest BCUT2D eigenvalue weighted by molar-refractivity contribution is -0.207. The molecular formula is C19H28N2O3. The van der Waals surface area contributed by atoms with E-state index in [1.54, 1.807) is 5.06 Å². The van der Waals surface area contributed by atoms with Gasteiger partial charge in [-0.1, -0.05) is 24.3 Å². The maximum absolute atomic E-state index is 12.1. The average molecular weight is 332 g/mol. The van der Waals surface area contributed by atoms with Crippen LogP contribution < -0.4 is 5.73 Å². The molecule has 2 N–H and O–H groups in total. The van der Waals surface area contributed by atoms with Crippen molar-refractivity contribution in [1.29, 1.82) is 0 Å². The van der Waals surface area contributed by atoms with Crippen molar-refractivity contribution in [3.63, 3.8) is 0 Å². The number of aldehydes is 1. The second kappa shape index (κ2) is 7.45. The lowest BCUT2D eigenvalue weighted by atomic mass is 9.69. The first kappa shape index (κ1) is 18.6. The second-order valence-corrected chi connectivity index (χ2v) is 7.57. The van der Waals surface area contributed by atoms with Crippen molar-refractivity contribution >= 4 is 12.3 Å². The molecule has 1 saturated heterocycles. The fourth-order valence-corrected chi connectivity index (χ4v) is 3.22. The number of hydroxylamine groups is 2. The normalized spacial score (nSPS) is 18.2. The highest BCUT2D eigenvalue weighted by atomic mass is 16.7. The molecule has 5 heteroatoms. The van der Waals surface area contributed by atoms with E-state index in [-0.39, 0.29) is 11.4 Å². The first-order valence-electron chi connectivity index (χ1n) is 8.52. The fraction of sp³-hybridized carbons (Fsp3) is 0.579. The highest BCUT2D eigenvalue weighted by Crippen LogP contribution is 2.40. The zero-order valence-corrected chi connectivity index (χ0v) is 14.9. The summed E-state index contributed by atoms with van der Waals surface area (Å²) >= 11 is 0. The van der Waals surface area contributed by atoms with Crippen LogP contribution in [0.4, 0.5) is 0 Å². The minimum atomic E-state index is -0.524. The smallest absolute Gasteiger partial charge is 0.330 e. The van der Waals surface area contributed by atoms with Gasteiger partial charge in [-0.3, -0.25) is 0 Å². The van der Waals surface area contributed by atoms with E-state index in [1.807, 2.05) is 39.0 Å². The van der Waals surface area contributed by atoms with Crippen LogP contribution in [-0.4, -0.2) is 30.4 Å². The summed E-state index contributed by atoms with van der Waals surface area (Å²) in [6.07, 6.45) is 2.98. The van der Waals surface area contributed by atoms with Crippen LogP contribution in [0, 0.1) is 5.41 Å². The van der Waals surface area contributed by atoms with E-state index < -0.39 is 5.41 Å². The molecule has 0 spiro atoms.